The van der Waals surface area contributed by atoms with Crippen molar-refractivity contribution in [3.05, 3.63) is 0 Å². The van der Waals surface area contributed by atoms with Gasteiger partial charge in [-0.1, -0.05) is 6.92 Å². The van der Waals surface area contributed by atoms with E-state index in [9.17, 15) is 18.3 Å². The van der Waals surface area contributed by atoms with Gasteiger partial charge in [0.05, 0.1) is 0 Å². The van der Waals surface area contributed by atoms with Crippen molar-refractivity contribution in [3.8, 4) is 0 Å². The van der Waals surface area contributed by atoms with Gasteiger partial charge < -0.3 is 5.11 Å². The number of hydrogen-bond donors (Lipinski definition) is 1. The largest absolute Gasteiger partial charge is 0.480 e. The second kappa shape index (κ2) is 5.03. The van der Waals surface area contributed by atoms with Crippen LogP contribution >= 0.6 is 0 Å². The molecule has 0 aromatic carbocycles. The summed E-state index contributed by atoms with van der Waals surface area (Å²) in [5, 5.41) is 9.33. The number of hydrogen-bond acceptors (Lipinski definition) is 3. The molecule has 0 radical (unpaired) electrons. The molecule has 2 atom stereocenters. The van der Waals surface area contributed by atoms with E-state index in [1.807, 2.05) is 6.92 Å². The number of carboxylic acids is 1. The van der Waals surface area contributed by atoms with E-state index < -0.39 is 21.7 Å². The summed E-state index contributed by atoms with van der Waals surface area (Å²) in [5.74, 6) is -0.721. The van der Waals surface area contributed by atoms with Gasteiger partial charge in [0.25, 0.3) is 10.2 Å². The van der Waals surface area contributed by atoms with Crippen LogP contribution in [0.25, 0.3) is 0 Å². The van der Waals surface area contributed by atoms with Crippen molar-refractivity contribution in [2.75, 3.05) is 19.6 Å². The molecule has 7 heteroatoms. The summed E-state index contributed by atoms with van der Waals surface area (Å²) in [6.45, 7) is 4.83. The lowest BCUT2D eigenvalue weighted by molar-refractivity contribution is -0.146. The summed E-state index contributed by atoms with van der Waals surface area (Å²) in [4.78, 5) is 11.4. The van der Waals surface area contributed by atoms with E-state index in [0.29, 0.717) is 38.4 Å². The molecule has 2 fully saturated rings. The van der Waals surface area contributed by atoms with E-state index in [4.69, 9.17) is 0 Å². The molecule has 2 heterocycles. The third-order valence-electron chi connectivity index (χ3n) is 4.26. The molecule has 0 amide bonds. The predicted octanol–water partition coefficient (Wildman–Crippen LogP) is 0.902. The van der Waals surface area contributed by atoms with Crippen LogP contribution in [0.3, 0.4) is 0 Å². The molecule has 2 aliphatic rings. The minimum absolute atomic E-state index is 0.302. The first-order chi connectivity index (χ1) is 8.78. The number of carboxylic acid groups (broad SMARTS) is 1. The molecular weight excluding hydrogens is 268 g/mol. The molecule has 0 spiro atoms. The van der Waals surface area contributed by atoms with E-state index in [0.717, 1.165) is 12.8 Å². The van der Waals surface area contributed by atoms with Gasteiger partial charge in [-0.25, -0.2) is 0 Å². The third-order valence-corrected chi connectivity index (χ3v) is 6.39. The van der Waals surface area contributed by atoms with Gasteiger partial charge in [0.2, 0.25) is 0 Å². The number of piperidine rings is 1. The van der Waals surface area contributed by atoms with Crippen LogP contribution in [0, 0.1) is 5.92 Å². The van der Waals surface area contributed by atoms with E-state index in [-0.39, 0.29) is 0 Å². The highest BCUT2D eigenvalue weighted by Crippen LogP contribution is 2.34. The van der Waals surface area contributed by atoms with Crippen LogP contribution in [0.2, 0.25) is 0 Å². The number of aliphatic carboxylic acids is 1. The Kier molecular flexibility index (Phi) is 3.90. The van der Waals surface area contributed by atoms with Gasteiger partial charge in [-0.05, 0) is 38.5 Å². The average molecular weight is 290 g/mol. The highest BCUT2D eigenvalue weighted by Gasteiger charge is 2.51. The zero-order valence-corrected chi connectivity index (χ0v) is 12.3. The Hall–Kier alpha value is -0.660. The zero-order chi connectivity index (χ0) is 14.3. The fourth-order valence-corrected chi connectivity index (χ4v) is 5.14. The predicted molar refractivity (Wildman–Crippen MR) is 70.9 cm³/mol. The van der Waals surface area contributed by atoms with Crippen molar-refractivity contribution in [1.82, 2.24) is 8.61 Å². The summed E-state index contributed by atoms with van der Waals surface area (Å²) in [7, 11) is -3.66. The second-order valence-electron chi connectivity index (χ2n) is 5.87. The van der Waals surface area contributed by atoms with Crippen molar-refractivity contribution in [2.24, 2.45) is 5.92 Å². The lowest BCUT2D eigenvalue weighted by Gasteiger charge is -2.37. The van der Waals surface area contributed by atoms with Crippen LogP contribution in [-0.4, -0.2) is 53.3 Å². The Morgan fingerprint density at radius 1 is 1.32 bits per heavy atom. The van der Waals surface area contributed by atoms with Gasteiger partial charge in [0.15, 0.2) is 0 Å². The average Bonchev–Trinajstić information content (AvgIpc) is 2.73. The summed E-state index contributed by atoms with van der Waals surface area (Å²) in [5.41, 5.74) is -1.29. The first kappa shape index (κ1) is 14.7. The highest BCUT2D eigenvalue weighted by atomic mass is 32.2. The molecule has 2 rings (SSSR count). The lowest BCUT2D eigenvalue weighted by Crippen LogP contribution is -2.56. The first-order valence-corrected chi connectivity index (χ1v) is 8.19. The fraction of sp³-hybridized carbons (Fsp3) is 0.917. The van der Waals surface area contributed by atoms with Crippen LogP contribution in [0.15, 0.2) is 0 Å². The molecule has 0 saturated carbocycles. The molecule has 0 aliphatic carbocycles. The number of nitrogens with zero attached hydrogens (tertiary/aromatic N) is 2. The van der Waals surface area contributed by atoms with Crippen molar-refractivity contribution < 1.29 is 18.3 Å². The summed E-state index contributed by atoms with van der Waals surface area (Å²) in [6.07, 6.45) is 2.86. The topological polar surface area (TPSA) is 77.9 Å². The Morgan fingerprint density at radius 3 is 2.58 bits per heavy atom. The minimum Gasteiger partial charge on any atom is -0.480 e. The van der Waals surface area contributed by atoms with Crippen LogP contribution in [0.5, 0.6) is 0 Å². The summed E-state index contributed by atoms with van der Waals surface area (Å²) >= 11 is 0. The Morgan fingerprint density at radius 2 is 2.00 bits per heavy atom. The lowest BCUT2D eigenvalue weighted by atomic mass is 10.0. The van der Waals surface area contributed by atoms with E-state index in [1.165, 1.54) is 15.5 Å². The SMILES string of the molecule is CC1CCCN(S(=O)(=O)N2CCCC2(C)C(=O)O)C1. The molecule has 110 valence electrons. The quantitative estimate of drug-likeness (QED) is 0.838. The molecule has 2 unspecified atom stereocenters. The van der Waals surface area contributed by atoms with Crippen molar-refractivity contribution >= 4 is 16.2 Å². The molecule has 19 heavy (non-hydrogen) atoms. The van der Waals surface area contributed by atoms with Gasteiger partial charge in [0.1, 0.15) is 5.54 Å². The Balaban J connectivity index is 2.26. The Labute approximate surface area is 114 Å². The molecule has 0 aromatic rings. The number of carbonyl (C=O) groups is 1. The van der Waals surface area contributed by atoms with E-state index in [2.05, 4.69) is 0 Å². The van der Waals surface area contributed by atoms with E-state index in [1.54, 1.807) is 0 Å². The maximum atomic E-state index is 12.6. The second-order valence-corrected chi connectivity index (χ2v) is 7.72. The van der Waals surface area contributed by atoms with Gasteiger partial charge >= 0.3 is 5.97 Å². The van der Waals surface area contributed by atoms with Crippen molar-refractivity contribution in [3.63, 3.8) is 0 Å². The molecular formula is C12H22N2O4S. The van der Waals surface area contributed by atoms with Crippen LogP contribution in [-0.2, 0) is 15.0 Å². The maximum absolute atomic E-state index is 12.6. The fourth-order valence-electron chi connectivity index (χ4n) is 3.02. The van der Waals surface area contributed by atoms with Gasteiger partial charge in [0, 0.05) is 19.6 Å². The van der Waals surface area contributed by atoms with Crippen molar-refractivity contribution in [2.45, 2.75) is 45.1 Å². The first-order valence-electron chi connectivity index (χ1n) is 6.80. The molecule has 0 aromatic heterocycles. The summed E-state index contributed by atoms with van der Waals surface area (Å²) in [6, 6.07) is 0. The van der Waals surface area contributed by atoms with Gasteiger partial charge in [-0.3, -0.25) is 4.79 Å². The highest BCUT2D eigenvalue weighted by molar-refractivity contribution is 7.86. The smallest absolute Gasteiger partial charge is 0.324 e. The normalized spacial score (nSPS) is 34.5. The molecule has 2 aliphatic heterocycles. The zero-order valence-electron chi connectivity index (χ0n) is 11.5. The molecule has 6 nitrogen and oxygen atoms in total. The van der Waals surface area contributed by atoms with Crippen LogP contribution < -0.4 is 0 Å². The third kappa shape index (κ3) is 2.51. The molecule has 0 bridgehead atoms. The minimum atomic E-state index is -3.66. The Bertz CT molecular complexity index is 464. The maximum Gasteiger partial charge on any atom is 0.324 e. The summed E-state index contributed by atoms with van der Waals surface area (Å²) < 4.78 is 27.9. The molecule has 2 saturated heterocycles. The van der Waals surface area contributed by atoms with Gasteiger partial charge in [-0.2, -0.15) is 17.0 Å². The van der Waals surface area contributed by atoms with Crippen LogP contribution in [0.4, 0.5) is 0 Å². The van der Waals surface area contributed by atoms with Gasteiger partial charge in [-0.15, -0.1) is 0 Å². The molecule has 1 N–H and O–H groups in total. The van der Waals surface area contributed by atoms with E-state index >= 15 is 0 Å². The monoisotopic (exact) mass is 290 g/mol. The number of rotatable bonds is 3. The standard InChI is InChI=1S/C12H22N2O4S/c1-10-5-3-7-13(9-10)19(17,18)14-8-4-6-12(14,2)11(15)16/h10H,3-9H2,1-2H3,(H,15,16). The van der Waals surface area contributed by atoms with Crippen LogP contribution in [0.1, 0.15) is 39.5 Å². The van der Waals surface area contributed by atoms with Crippen molar-refractivity contribution in [1.29, 1.82) is 0 Å².